The van der Waals surface area contributed by atoms with Gasteiger partial charge in [0.15, 0.2) is 0 Å². The quantitative estimate of drug-likeness (QED) is 0.547. The predicted octanol–water partition coefficient (Wildman–Crippen LogP) is 1.58. The summed E-state index contributed by atoms with van der Waals surface area (Å²) in [6.45, 7) is 6.94. The molecule has 2 rings (SSSR count). The van der Waals surface area contributed by atoms with Gasteiger partial charge < -0.3 is 10.7 Å². The number of hydrogen-bond donors (Lipinski definition) is 3. The monoisotopic (exact) mass is 275 g/mol. The molecule has 2 aromatic heterocycles. The van der Waals surface area contributed by atoms with Gasteiger partial charge in [0.25, 0.3) is 0 Å². The number of hydrogen-bond acceptors (Lipinski definition) is 6. The largest absolute Gasteiger partial charge is 0.366 e. The summed E-state index contributed by atoms with van der Waals surface area (Å²) in [4.78, 5) is 8.83. The van der Waals surface area contributed by atoms with Crippen molar-refractivity contribution in [3.05, 3.63) is 30.4 Å². The number of nitrogens with one attached hydrogen (secondary N) is 2. The third-order valence-electron chi connectivity index (χ3n) is 2.82. The Morgan fingerprint density at radius 2 is 2.00 bits per heavy atom. The van der Waals surface area contributed by atoms with Gasteiger partial charge >= 0.3 is 0 Å². The highest BCUT2D eigenvalue weighted by Crippen LogP contribution is 2.17. The fourth-order valence-corrected chi connectivity index (χ4v) is 1.86. The Morgan fingerprint density at radius 3 is 2.60 bits per heavy atom. The molecule has 7 heteroatoms. The van der Waals surface area contributed by atoms with E-state index in [-0.39, 0.29) is 12.0 Å². The van der Waals surface area contributed by atoms with Crippen LogP contribution in [-0.2, 0) is 6.54 Å². The number of hydrazine groups is 1. The van der Waals surface area contributed by atoms with Crippen LogP contribution in [0.3, 0.4) is 0 Å². The van der Waals surface area contributed by atoms with Crippen molar-refractivity contribution in [2.45, 2.75) is 39.3 Å². The molecule has 0 aromatic carbocycles. The highest BCUT2D eigenvalue weighted by atomic mass is 15.3. The highest BCUT2D eigenvalue weighted by molar-refractivity contribution is 5.47. The topological polar surface area (TPSA) is 93.7 Å². The lowest BCUT2D eigenvalue weighted by molar-refractivity contribution is 0.559. The summed E-state index contributed by atoms with van der Waals surface area (Å²) in [6, 6.07) is 3.89. The van der Waals surface area contributed by atoms with E-state index in [9.17, 15) is 0 Å². The average molecular weight is 275 g/mol. The van der Waals surface area contributed by atoms with Gasteiger partial charge in [0.05, 0.1) is 6.54 Å². The number of nitrogen functional groups attached to an aromatic ring is 1. The molecule has 0 radical (unpaired) electrons. The first-order chi connectivity index (χ1) is 9.58. The van der Waals surface area contributed by atoms with Gasteiger partial charge in [-0.05, 0) is 13.0 Å². The second kappa shape index (κ2) is 6.33. The molecule has 108 valence electrons. The van der Waals surface area contributed by atoms with Crippen LogP contribution in [0, 0.1) is 0 Å². The smallest absolute Gasteiger partial charge is 0.145 e. The van der Waals surface area contributed by atoms with Crippen molar-refractivity contribution < 1.29 is 0 Å². The van der Waals surface area contributed by atoms with Crippen LogP contribution in [-0.4, -0.2) is 25.8 Å². The molecule has 2 heterocycles. The van der Waals surface area contributed by atoms with Gasteiger partial charge in [0.1, 0.15) is 17.5 Å². The van der Waals surface area contributed by atoms with E-state index in [1.165, 1.54) is 0 Å². The van der Waals surface area contributed by atoms with E-state index in [0.29, 0.717) is 5.82 Å². The van der Waals surface area contributed by atoms with Crippen molar-refractivity contribution in [1.29, 1.82) is 0 Å². The first kappa shape index (κ1) is 14.3. The SMILES string of the molecule is CC(Cn1cccn1)Nc1cc(NN)nc(C(C)C)n1. The molecule has 0 aliphatic rings. The van der Waals surface area contributed by atoms with E-state index in [4.69, 9.17) is 5.84 Å². The molecule has 0 saturated heterocycles. The first-order valence-electron chi connectivity index (χ1n) is 6.68. The number of nitrogens with zero attached hydrogens (tertiary/aromatic N) is 4. The lowest BCUT2D eigenvalue weighted by atomic mass is 10.2. The summed E-state index contributed by atoms with van der Waals surface area (Å²) in [6.07, 6.45) is 3.70. The zero-order valence-electron chi connectivity index (χ0n) is 12.0. The Labute approximate surface area is 118 Å². The molecular formula is C13H21N7. The minimum atomic E-state index is 0.190. The molecule has 4 N–H and O–H groups in total. The molecule has 0 fully saturated rings. The Kier molecular flexibility index (Phi) is 4.52. The molecule has 0 aliphatic carbocycles. The van der Waals surface area contributed by atoms with Crippen molar-refractivity contribution in [3.8, 4) is 0 Å². The molecule has 1 unspecified atom stereocenters. The summed E-state index contributed by atoms with van der Waals surface area (Å²) in [5.41, 5.74) is 2.57. The number of rotatable bonds is 6. The standard InChI is InChI=1S/C13H21N7/c1-9(2)13-17-11(7-12(18-13)19-14)16-10(3)8-20-6-4-5-15-20/h4-7,9-10H,8,14H2,1-3H3,(H2,16,17,18,19). The number of anilines is 2. The van der Waals surface area contributed by atoms with Gasteiger partial charge in [0, 0.05) is 30.4 Å². The van der Waals surface area contributed by atoms with Crippen LogP contribution < -0.4 is 16.6 Å². The van der Waals surface area contributed by atoms with Crippen LogP contribution >= 0.6 is 0 Å². The van der Waals surface area contributed by atoms with Crippen molar-refractivity contribution >= 4 is 11.6 Å². The van der Waals surface area contributed by atoms with Crippen molar-refractivity contribution in [1.82, 2.24) is 19.7 Å². The summed E-state index contributed by atoms with van der Waals surface area (Å²) in [7, 11) is 0. The van der Waals surface area contributed by atoms with Crippen LogP contribution in [0.15, 0.2) is 24.5 Å². The van der Waals surface area contributed by atoms with Crippen LogP contribution in [0.2, 0.25) is 0 Å². The summed E-state index contributed by atoms with van der Waals surface area (Å²) < 4.78 is 1.88. The molecule has 20 heavy (non-hydrogen) atoms. The summed E-state index contributed by atoms with van der Waals surface area (Å²) in [5.74, 6) is 7.81. The first-order valence-corrected chi connectivity index (χ1v) is 6.68. The van der Waals surface area contributed by atoms with Gasteiger partial charge in [-0.15, -0.1) is 0 Å². The summed E-state index contributed by atoms with van der Waals surface area (Å²) in [5, 5.41) is 7.53. The van der Waals surface area contributed by atoms with Crippen molar-refractivity contribution in [2.75, 3.05) is 10.7 Å². The molecule has 0 saturated carbocycles. The Hall–Kier alpha value is -2.15. The Balaban J connectivity index is 2.09. The van der Waals surface area contributed by atoms with Crippen LogP contribution in [0.4, 0.5) is 11.6 Å². The predicted molar refractivity (Wildman–Crippen MR) is 79.2 cm³/mol. The van der Waals surface area contributed by atoms with Crippen molar-refractivity contribution in [2.24, 2.45) is 5.84 Å². The average Bonchev–Trinajstić information content (AvgIpc) is 2.90. The molecule has 0 spiro atoms. The minimum absolute atomic E-state index is 0.190. The normalized spacial score (nSPS) is 12.4. The van der Waals surface area contributed by atoms with E-state index < -0.39 is 0 Å². The Morgan fingerprint density at radius 1 is 1.25 bits per heavy atom. The zero-order valence-corrected chi connectivity index (χ0v) is 12.0. The fourth-order valence-electron chi connectivity index (χ4n) is 1.86. The van der Waals surface area contributed by atoms with Crippen LogP contribution in [0.1, 0.15) is 32.5 Å². The minimum Gasteiger partial charge on any atom is -0.366 e. The maximum absolute atomic E-state index is 5.45. The van der Waals surface area contributed by atoms with Gasteiger partial charge in [-0.3, -0.25) is 4.68 Å². The van der Waals surface area contributed by atoms with E-state index in [0.717, 1.165) is 18.2 Å². The van der Waals surface area contributed by atoms with Crippen LogP contribution in [0.25, 0.3) is 0 Å². The Bertz CT molecular complexity index is 536. The van der Waals surface area contributed by atoms with Gasteiger partial charge in [0.2, 0.25) is 0 Å². The number of nitrogens with two attached hydrogens (primary N) is 1. The fraction of sp³-hybridized carbons (Fsp3) is 0.462. The molecule has 0 amide bonds. The molecule has 2 aromatic rings. The third-order valence-corrected chi connectivity index (χ3v) is 2.82. The third kappa shape index (κ3) is 3.67. The second-order valence-corrected chi connectivity index (χ2v) is 5.07. The maximum Gasteiger partial charge on any atom is 0.145 e. The van der Waals surface area contributed by atoms with Crippen molar-refractivity contribution in [3.63, 3.8) is 0 Å². The lowest BCUT2D eigenvalue weighted by Crippen LogP contribution is -2.23. The van der Waals surface area contributed by atoms with E-state index >= 15 is 0 Å². The molecule has 0 aliphatic heterocycles. The van der Waals surface area contributed by atoms with Gasteiger partial charge in [-0.1, -0.05) is 13.8 Å². The molecule has 1 atom stereocenters. The van der Waals surface area contributed by atoms with Crippen LogP contribution in [0.5, 0.6) is 0 Å². The van der Waals surface area contributed by atoms with Gasteiger partial charge in [-0.25, -0.2) is 15.8 Å². The molecule has 0 bridgehead atoms. The zero-order chi connectivity index (χ0) is 14.5. The summed E-state index contributed by atoms with van der Waals surface area (Å²) >= 11 is 0. The molecular weight excluding hydrogens is 254 g/mol. The molecule has 7 nitrogen and oxygen atoms in total. The van der Waals surface area contributed by atoms with Gasteiger partial charge in [-0.2, -0.15) is 5.10 Å². The van der Waals surface area contributed by atoms with E-state index in [2.05, 4.69) is 32.7 Å². The van der Waals surface area contributed by atoms with E-state index in [1.54, 1.807) is 12.3 Å². The second-order valence-electron chi connectivity index (χ2n) is 5.07. The number of aromatic nitrogens is 4. The maximum atomic E-state index is 5.45. The van der Waals surface area contributed by atoms with E-state index in [1.807, 2.05) is 30.8 Å². The lowest BCUT2D eigenvalue weighted by Gasteiger charge is -2.16. The highest BCUT2D eigenvalue weighted by Gasteiger charge is 2.10.